The molecule has 2 aliphatic rings. The third-order valence-corrected chi connectivity index (χ3v) is 6.31. The van der Waals surface area contributed by atoms with Crippen molar-refractivity contribution >= 4 is 22.8 Å². The van der Waals surface area contributed by atoms with Gasteiger partial charge in [0.25, 0.3) is 0 Å². The lowest BCUT2D eigenvalue weighted by Gasteiger charge is -2.51. The number of para-hydroxylation sites is 1. The number of nitrogens with zero attached hydrogens (tertiary/aromatic N) is 1. The van der Waals surface area contributed by atoms with Gasteiger partial charge in [0.05, 0.1) is 6.04 Å². The molecule has 4 rings (SSSR count). The topological polar surface area (TPSA) is 73.4 Å². The van der Waals surface area contributed by atoms with Gasteiger partial charge in [0.15, 0.2) is 0 Å². The van der Waals surface area contributed by atoms with Gasteiger partial charge in [-0.1, -0.05) is 25.1 Å². The van der Waals surface area contributed by atoms with E-state index in [0.717, 1.165) is 37.0 Å². The van der Waals surface area contributed by atoms with Gasteiger partial charge >= 0.3 is 5.97 Å². The van der Waals surface area contributed by atoms with E-state index in [9.17, 15) is 14.7 Å². The molecule has 25 heavy (non-hydrogen) atoms. The molecular formula is C20H24N2O3. The molecule has 0 bridgehead atoms. The summed E-state index contributed by atoms with van der Waals surface area (Å²) in [7, 11) is 0. The van der Waals surface area contributed by atoms with Crippen molar-refractivity contribution in [2.45, 2.75) is 51.5 Å². The molecule has 5 nitrogen and oxygen atoms in total. The van der Waals surface area contributed by atoms with E-state index >= 15 is 0 Å². The Bertz CT molecular complexity index is 841. The van der Waals surface area contributed by atoms with Gasteiger partial charge in [-0.2, -0.15) is 0 Å². The monoisotopic (exact) mass is 340 g/mol. The lowest BCUT2D eigenvalue weighted by atomic mass is 9.65. The first-order chi connectivity index (χ1) is 12.1. The summed E-state index contributed by atoms with van der Waals surface area (Å²) >= 11 is 0. The van der Waals surface area contributed by atoms with Gasteiger partial charge < -0.3 is 15.0 Å². The maximum Gasteiger partial charge on any atom is 0.303 e. The molecule has 3 heterocycles. The highest BCUT2D eigenvalue weighted by molar-refractivity contribution is 5.86. The molecule has 0 spiro atoms. The van der Waals surface area contributed by atoms with Crippen molar-refractivity contribution < 1.29 is 14.7 Å². The van der Waals surface area contributed by atoms with E-state index in [2.05, 4.69) is 24.0 Å². The van der Waals surface area contributed by atoms with Crippen LogP contribution in [0.3, 0.4) is 0 Å². The molecule has 1 fully saturated rings. The third-order valence-electron chi connectivity index (χ3n) is 6.31. The van der Waals surface area contributed by atoms with Crippen LogP contribution in [0.1, 0.15) is 56.3 Å². The Labute approximate surface area is 147 Å². The summed E-state index contributed by atoms with van der Waals surface area (Å²) in [6.07, 6.45) is 3.80. The zero-order chi connectivity index (χ0) is 17.6. The van der Waals surface area contributed by atoms with Crippen molar-refractivity contribution in [1.82, 2.24) is 9.88 Å². The van der Waals surface area contributed by atoms with Crippen molar-refractivity contribution in [3.05, 3.63) is 35.5 Å². The highest BCUT2D eigenvalue weighted by Crippen LogP contribution is 2.54. The molecule has 2 unspecified atom stereocenters. The van der Waals surface area contributed by atoms with E-state index in [4.69, 9.17) is 0 Å². The normalized spacial score (nSPS) is 25.7. The van der Waals surface area contributed by atoms with E-state index in [1.54, 1.807) is 0 Å². The second-order valence-electron chi connectivity index (χ2n) is 7.41. The Morgan fingerprint density at radius 1 is 1.36 bits per heavy atom. The molecule has 2 aromatic rings. The van der Waals surface area contributed by atoms with E-state index in [1.165, 1.54) is 10.9 Å². The van der Waals surface area contributed by atoms with Crippen LogP contribution in [0.25, 0.3) is 10.9 Å². The number of aromatic amines is 1. The number of carbonyl (C=O) groups is 2. The summed E-state index contributed by atoms with van der Waals surface area (Å²) in [6, 6.07) is 8.25. The van der Waals surface area contributed by atoms with Gasteiger partial charge in [-0.15, -0.1) is 0 Å². The number of carboxylic acids is 1. The van der Waals surface area contributed by atoms with Crippen LogP contribution in [-0.2, 0) is 16.0 Å². The minimum Gasteiger partial charge on any atom is -0.481 e. The highest BCUT2D eigenvalue weighted by atomic mass is 16.4. The van der Waals surface area contributed by atoms with Crippen LogP contribution in [0.5, 0.6) is 0 Å². The SMILES string of the molecule is CCC1(CCC(=O)O)CCC(=O)N2CCc3c([nH]c4ccccc34)C21. The molecule has 1 amide bonds. The average molecular weight is 340 g/mol. The molecule has 132 valence electrons. The molecule has 2 aliphatic heterocycles. The number of H-pyrrole nitrogens is 1. The minimum atomic E-state index is -0.760. The van der Waals surface area contributed by atoms with Crippen molar-refractivity contribution in [3.63, 3.8) is 0 Å². The number of carbonyl (C=O) groups excluding carboxylic acids is 1. The Morgan fingerprint density at radius 3 is 2.92 bits per heavy atom. The van der Waals surface area contributed by atoms with E-state index < -0.39 is 5.97 Å². The van der Waals surface area contributed by atoms with Crippen LogP contribution in [0.15, 0.2) is 24.3 Å². The zero-order valence-corrected chi connectivity index (χ0v) is 14.5. The molecule has 2 atom stereocenters. The van der Waals surface area contributed by atoms with Crippen LogP contribution >= 0.6 is 0 Å². The smallest absolute Gasteiger partial charge is 0.303 e. The fourth-order valence-electron chi connectivity index (χ4n) is 4.95. The number of hydrogen-bond acceptors (Lipinski definition) is 2. The summed E-state index contributed by atoms with van der Waals surface area (Å²) in [6.45, 7) is 2.86. The fourth-order valence-corrected chi connectivity index (χ4v) is 4.95. The molecular weight excluding hydrogens is 316 g/mol. The molecule has 1 aromatic carbocycles. The van der Waals surface area contributed by atoms with Crippen molar-refractivity contribution in [3.8, 4) is 0 Å². The summed E-state index contributed by atoms with van der Waals surface area (Å²) in [4.78, 5) is 29.4. The van der Waals surface area contributed by atoms with E-state index in [1.807, 2.05) is 17.0 Å². The van der Waals surface area contributed by atoms with Gasteiger partial charge in [0, 0.05) is 36.0 Å². The van der Waals surface area contributed by atoms with Crippen molar-refractivity contribution in [2.75, 3.05) is 6.54 Å². The maximum absolute atomic E-state index is 12.6. The number of benzene rings is 1. The van der Waals surface area contributed by atoms with Crippen LogP contribution in [0.2, 0.25) is 0 Å². The molecule has 1 saturated heterocycles. The van der Waals surface area contributed by atoms with Crippen molar-refractivity contribution in [1.29, 1.82) is 0 Å². The minimum absolute atomic E-state index is 0.0331. The van der Waals surface area contributed by atoms with Gasteiger partial charge in [0.2, 0.25) is 5.91 Å². The number of amides is 1. The third kappa shape index (κ3) is 2.44. The number of nitrogens with one attached hydrogen (secondary N) is 1. The number of carboxylic acid groups (broad SMARTS) is 1. The Hall–Kier alpha value is -2.30. The Kier molecular flexibility index (Phi) is 3.82. The van der Waals surface area contributed by atoms with Crippen LogP contribution in [-0.4, -0.2) is 33.4 Å². The first-order valence-electron chi connectivity index (χ1n) is 9.16. The van der Waals surface area contributed by atoms with Crippen LogP contribution in [0.4, 0.5) is 0 Å². The second kappa shape index (κ2) is 5.90. The van der Waals surface area contributed by atoms with Crippen LogP contribution < -0.4 is 0 Å². The maximum atomic E-state index is 12.6. The largest absolute Gasteiger partial charge is 0.481 e. The Morgan fingerprint density at radius 2 is 2.16 bits per heavy atom. The van der Waals surface area contributed by atoms with E-state index in [0.29, 0.717) is 12.8 Å². The first kappa shape index (κ1) is 16.2. The number of hydrogen-bond donors (Lipinski definition) is 2. The molecule has 0 radical (unpaired) electrons. The van der Waals surface area contributed by atoms with Gasteiger partial charge in [-0.3, -0.25) is 9.59 Å². The number of rotatable bonds is 4. The second-order valence-corrected chi connectivity index (χ2v) is 7.41. The van der Waals surface area contributed by atoms with Gasteiger partial charge in [-0.05, 0) is 42.7 Å². The quantitative estimate of drug-likeness (QED) is 0.892. The Balaban J connectivity index is 1.85. The molecule has 5 heteroatoms. The molecule has 0 saturated carbocycles. The van der Waals surface area contributed by atoms with Crippen LogP contribution in [0, 0.1) is 5.41 Å². The highest BCUT2D eigenvalue weighted by Gasteiger charge is 2.49. The summed E-state index contributed by atoms with van der Waals surface area (Å²) in [5, 5.41) is 10.5. The van der Waals surface area contributed by atoms with Gasteiger partial charge in [-0.25, -0.2) is 0 Å². The molecule has 0 aliphatic carbocycles. The van der Waals surface area contributed by atoms with Crippen molar-refractivity contribution in [2.24, 2.45) is 5.41 Å². The molecule has 1 aromatic heterocycles. The number of fused-ring (bicyclic) bond motifs is 5. The van der Waals surface area contributed by atoms with Gasteiger partial charge in [0.1, 0.15) is 0 Å². The summed E-state index contributed by atoms with van der Waals surface area (Å²) in [5.74, 6) is -0.558. The fraction of sp³-hybridized carbons (Fsp3) is 0.500. The predicted molar refractivity (Wildman–Crippen MR) is 95.3 cm³/mol. The average Bonchev–Trinajstić information content (AvgIpc) is 3.00. The number of aliphatic carboxylic acids is 1. The zero-order valence-electron chi connectivity index (χ0n) is 14.5. The standard InChI is InChI=1S/C20H24N2O3/c1-2-20(11-8-17(24)25)10-7-16(23)22-12-9-14-13-5-3-4-6-15(13)21-18(14)19(20)22/h3-6,19,21H,2,7-12H2,1H3,(H,24,25). The number of piperidine rings is 1. The number of aromatic nitrogens is 1. The summed E-state index contributed by atoms with van der Waals surface area (Å²) < 4.78 is 0. The lowest BCUT2D eigenvalue weighted by molar-refractivity contribution is -0.147. The van der Waals surface area contributed by atoms with E-state index in [-0.39, 0.29) is 23.8 Å². The molecule has 2 N–H and O–H groups in total. The predicted octanol–water partition coefficient (Wildman–Crippen LogP) is 3.65. The summed E-state index contributed by atoms with van der Waals surface area (Å²) in [5.41, 5.74) is 3.38. The lowest BCUT2D eigenvalue weighted by Crippen LogP contribution is -2.52. The first-order valence-corrected chi connectivity index (χ1v) is 9.16.